The molecule has 1 N–H and O–H groups in total. The molecule has 92 valence electrons. The van der Waals surface area contributed by atoms with Crippen LogP contribution in [0.4, 0.5) is 5.69 Å². The molecule has 1 aromatic rings. The lowest BCUT2D eigenvalue weighted by Gasteiger charge is -2.31. The fourth-order valence-corrected chi connectivity index (χ4v) is 3.17. The first-order chi connectivity index (χ1) is 8.38. The van der Waals surface area contributed by atoms with Crippen molar-refractivity contribution in [2.75, 3.05) is 31.1 Å². The Hall–Kier alpha value is -1.02. The van der Waals surface area contributed by atoms with Crippen molar-refractivity contribution in [2.24, 2.45) is 0 Å². The Balaban J connectivity index is 2.02. The standard InChI is InChI=1S/C15H22N2/c1-2-17-9-3-4-14-10-12-5-7-16-8-6-13(12)11-15(14)17/h10-11,16H,2-9H2,1H3. The summed E-state index contributed by atoms with van der Waals surface area (Å²) in [6.07, 6.45) is 4.99. The van der Waals surface area contributed by atoms with Gasteiger partial charge in [0, 0.05) is 18.8 Å². The summed E-state index contributed by atoms with van der Waals surface area (Å²) in [6, 6.07) is 4.96. The van der Waals surface area contributed by atoms with Crippen LogP contribution in [0.15, 0.2) is 12.1 Å². The maximum Gasteiger partial charge on any atom is 0.0401 e. The summed E-state index contributed by atoms with van der Waals surface area (Å²) in [5.74, 6) is 0. The predicted molar refractivity (Wildman–Crippen MR) is 72.9 cm³/mol. The fourth-order valence-electron chi connectivity index (χ4n) is 3.17. The summed E-state index contributed by atoms with van der Waals surface area (Å²) in [4.78, 5) is 2.54. The lowest BCUT2D eigenvalue weighted by atomic mass is 9.93. The summed E-state index contributed by atoms with van der Waals surface area (Å²) in [5.41, 5.74) is 6.26. The zero-order valence-electron chi connectivity index (χ0n) is 10.8. The Labute approximate surface area is 104 Å². The molecule has 0 amide bonds. The van der Waals surface area contributed by atoms with Crippen LogP contribution in [0.25, 0.3) is 0 Å². The van der Waals surface area contributed by atoms with Crippen LogP contribution in [0.5, 0.6) is 0 Å². The van der Waals surface area contributed by atoms with E-state index in [1.54, 1.807) is 16.7 Å². The maximum atomic E-state index is 3.50. The van der Waals surface area contributed by atoms with E-state index >= 15 is 0 Å². The van der Waals surface area contributed by atoms with Crippen LogP contribution < -0.4 is 10.2 Å². The SMILES string of the molecule is CCN1CCCc2cc3c(cc21)CCNCC3. The first kappa shape index (κ1) is 11.1. The van der Waals surface area contributed by atoms with Crippen LogP contribution in [0.3, 0.4) is 0 Å². The molecule has 1 aromatic carbocycles. The van der Waals surface area contributed by atoms with E-state index in [0.717, 1.165) is 19.6 Å². The number of rotatable bonds is 1. The third-order valence-corrected chi connectivity index (χ3v) is 4.14. The monoisotopic (exact) mass is 230 g/mol. The van der Waals surface area contributed by atoms with Crippen molar-refractivity contribution in [3.63, 3.8) is 0 Å². The number of nitrogens with zero attached hydrogens (tertiary/aromatic N) is 1. The summed E-state index contributed by atoms with van der Waals surface area (Å²) in [7, 11) is 0. The smallest absolute Gasteiger partial charge is 0.0401 e. The van der Waals surface area contributed by atoms with Crippen LogP contribution in [0.1, 0.15) is 30.0 Å². The van der Waals surface area contributed by atoms with Gasteiger partial charge in [0.05, 0.1) is 0 Å². The molecular formula is C15H22N2. The molecule has 0 fully saturated rings. The van der Waals surface area contributed by atoms with Gasteiger partial charge in [0.2, 0.25) is 0 Å². The highest BCUT2D eigenvalue weighted by molar-refractivity contribution is 5.59. The quantitative estimate of drug-likeness (QED) is 0.795. The van der Waals surface area contributed by atoms with Crippen LogP contribution in [0, 0.1) is 0 Å². The van der Waals surface area contributed by atoms with Gasteiger partial charge in [0.15, 0.2) is 0 Å². The predicted octanol–water partition coefficient (Wildman–Crippen LogP) is 2.15. The fraction of sp³-hybridized carbons (Fsp3) is 0.600. The van der Waals surface area contributed by atoms with Crippen molar-refractivity contribution in [1.29, 1.82) is 0 Å². The van der Waals surface area contributed by atoms with Gasteiger partial charge in [-0.05, 0) is 68.5 Å². The van der Waals surface area contributed by atoms with E-state index in [1.807, 2.05) is 0 Å². The molecule has 2 nitrogen and oxygen atoms in total. The van der Waals surface area contributed by atoms with E-state index in [0.29, 0.717) is 0 Å². The number of hydrogen-bond acceptors (Lipinski definition) is 2. The molecule has 0 spiro atoms. The summed E-state index contributed by atoms with van der Waals surface area (Å²) in [6.45, 7) is 6.92. The summed E-state index contributed by atoms with van der Waals surface area (Å²) in [5, 5.41) is 3.50. The minimum absolute atomic E-state index is 1.14. The van der Waals surface area contributed by atoms with Crippen LogP contribution in [-0.4, -0.2) is 26.2 Å². The molecule has 0 aromatic heterocycles. The highest BCUT2D eigenvalue weighted by Crippen LogP contribution is 2.31. The minimum atomic E-state index is 1.14. The van der Waals surface area contributed by atoms with Gasteiger partial charge in [-0.2, -0.15) is 0 Å². The van der Waals surface area contributed by atoms with Gasteiger partial charge in [-0.25, -0.2) is 0 Å². The van der Waals surface area contributed by atoms with E-state index in [1.165, 1.54) is 37.9 Å². The zero-order chi connectivity index (χ0) is 11.7. The van der Waals surface area contributed by atoms with Gasteiger partial charge in [0.25, 0.3) is 0 Å². The highest BCUT2D eigenvalue weighted by atomic mass is 15.1. The molecule has 0 aliphatic carbocycles. The van der Waals surface area contributed by atoms with Gasteiger partial charge in [-0.3, -0.25) is 0 Å². The average molecular weight is 230 g/mol. The number of nitrogens with one attached hydrogen (secondary N) is 1. The van der Waals surface area contributed by atoms with Crippen molar-refractivity contribution in [1.82, 2.24) is 5.32 Å². The van der Waals surface area contributed by atoms with Gasteiger partial charge in [-0.1, -0.05) is 6.07 Å². The topological polar surface area (TPSA) is 15.3 Å². The number of fused-ring (bicyclic) bond motifs is 2. The molecule has 17 heavy (non-hydrogen) atoms. The van der Waals surface area contributed by atoms with Crippen LogP contribution >= 0.6 is 0 Å². The molecule has 2 heterocycles. The molecule has 2 aliphatic rings. The van der Waals surface area contributed by atoms with Crippen molar-refractivity contribution in [3.05, 3.63) is 28.8 Å². The first-order valence-electron chi connectivity index (χ1n) is 6.99. The Morgan fingerprint density at radius 3 is 2.59 bits per heavy atom. The van der Waals surface area contributed by atoms with Gasteiger partial charge in [-0.15, -0.1) is 0 Å². The number of hydrogen-bond donors (Lipinski definition) is 1. The third kappa shape index (κ3) is 2.06. The Bertz CT molecular complexity index is 412. The molecule has 2 heteroatoms. The highest BCUT2D eigenvalue weighted by Gasteiger charge is 2.18. The number of anilines is 1. The summed E-state index contributed by atoms with van der Waals surface area (Å²) < 4.78 is 0. The first-order valence-corrected chi connectivity index (χ1v) is 6.99. The van der Waals surface area contributed by atoms with E-state index in [2.05, 4.69) is 29.3 Å². The second-order valence-electron chi connectivity index (χ2n) is 5.18. The number of aryl methyl sites for hydroxylation is 1. The van der Waals surface area contributed by atoms with E-state index in [9.17, 15) is 0 Å². The molecule has 0 saturated heterocycles. The second kappa shape index (κ2) is 4.69. The van der Waals surface area contributed by atoms with Crippen molar-refractivity contribution in [2.45, 2.75) is 32.6 Å². The van der Waals surface area contributed by atoms with Crippen molar-refractivity contribution >= 4 is 5.69 Å². The third-order valence-electron chi connectivity index (χ3n) is 4.14. The van der Waals surface area contributed by atoms with Gasteiger partial charge < -0.3 is 10.2 Å². The Kier molecular flexibility index (Phi) is 3.06. The summed E-state index contributed by atoms with van der Waals surface area (Å²) >= 11 is 0. The lowest BCUT2D eigenvalue weighted by Crippen LogP contribution is -2.29. The maximum absolute atomic E-state index is 3.50. The molecule has 0 saturated carbocycles. The largest absolute Gasteiger partial charge is 0.372 e. The Morgan fingerprint density at radius 2 is 1.82 bits per heavy atom. The van der Waals surface area contributed by atoms with Crippen LogP contribution in [-0.2, 0) is 19.3 Å². The van der Waals surface area contributed by atoms with Crippen molar-refractivity contribution in [3.8, 4) is 0 Å². The van der Waals surface area contributed by atoms with Crippen molar-refractivity contribution < 1.29 is 0 Å². The molecule has 0 atom stereocenters. The molecular weight excluding hydrogens is 208 g/mol. The normalized spacial score (nSPS) is 19.5. The molecule has 0 radical (unpaired) electrons. The Morgan fingerprint density at radius 1 is 1.06 bits per heavy atom. The lowest BCUT2D eigenvalue weighted by molar-refractivity contribution is 0.705. The average Bonchev–Trinajstić information content (AvgIpc) is 2.60. The molecule has 3 rings (SSSR count). The van der Waals surface area contributed by atoms with E-state index in [-0.39, 0.29) is 0 Å². The number of benzene rings is 1. The minimum Gasteiger partial charge on any atom is -0.372 e. The van der Waals surface area contributed by atoms with Crippen LogP contribution in [0.2, 0.25) is 0 Å². The van der Waals surface area contributed by atoms with E-state index < -0.39 is 0 Å². The van der Waals surface area contributed by atoms with Gasteiger partial charge in [0.1, 0.15) is 0 Å². The second-order valence-corrected chi connectivity index (χ2v) is 5.18. The molecule has 0 bridgehead atoms. The molecule has 2 aliphatic heterocycles. The van der Waals surface area contributed by atoms with E-state index in [4.69, 9.17) is 0 Å². The molecule has 0 unspecified atom stereocenters. The van der Waals surface area contributed by atoms with Gasteiger partial charge >= 0.3 is 0 Å². The zero-order valence-corrected chi connectivity index (χ0v) is 10.8.